The first-order valence-corrected chi connectivity index (χ1v) is 9.36. The summed E-state index contributed by atoms with van der Waals surface area (Å²) in [4.78, 5) is 51.0. The Bertz CT molecular complexity index is 861. The van der Waals surface area contributed by atoms with Crippen molar-refractivity contribution in [1.29, 1.82) is 0 Å². The molecule has 0 N–H and O–H groups in total. The van der Waals surface area contributed by atoms with E-state index in [0.29, 0.717) is 19.4 Å². The molecule has 3 rings (SSSR count). The van der Waals surface area contributed by atoms with Gasteiger partial charge in [0.25, 0.3) is 5.91 Å². The molecule has 1 heterocycles. The second-order valence-corrected chi connectivity index (χ2v) is 6.60. The van der Waals surface area contributed by atoms with Gasteiger partial charge in [-0.1, -0.05) is 36.4 Å². The summed E-state index contributed by atoms with van der Waals surface area (Å²) in [6.07, 6.45) is -1.14. The third-order valence-electron chi connectivity index (χ3n) is 4.59. The number of hydrogen-bond acceptors (Lipinski definition) is 6. The van der Waals surface area contributed by atoms with Gasteiger partial charge >= 0.3 is 11.9 Å². The van der Waals surface area contributed by atoms with Gasteiger partial charge in [0, 0.05) is 13.1 Å². The van der Waals surface area contributed by atoms with Gasteiger partial charge in [0.2, 0.25) is 12.2 Å². The second-order valence-electron chi connectivity index (χ2n) is 6.60. The molecular formula is C22H21NO6. The number of ether oxygens (including phenoxy) is 2. The largest absolute Gasteiger partial charge is 0.446 e. The average molecular weight is 395 g/mol. The van der Waals surface area contributed by atoms with Crippen molar-refractivity contribution in [1.82, 2.24) is 4.90 Å². The van der Waals surface area contributed by atoms with E-state index >= 15 is 0 Å². The molecule has 7 heteroatoms. The van der Waals surface area contributed by atoms with E-state index in [9.17, 15) is 19.2 Å². The van der Waals surface area contributed by atoms with Gasteiger partial charge in [-0.3, -0.25) is 9.59 Å². The van der Waals surface area contributed by atoms with Crippen LogP contribution in [-0.2, 0) is 19.1 Å². The van der Waals surface area contributed by atoms with Crippen LogP contribution in [-0.4, -0.2) is 54.3 Å². The molecule has 1 aliphatic rings. The number of likely N-dealkylation sites (tertiary alicyclic amines) is 1. The number of carbonyl (C=O) groups excluding carboxylic acids is 4. The number of rotatable bonds is 7. The first kappa shape index (κ1) is 20.3. The molecule has 29 heavy (non-hydrogen) atoms. The lowest BCUT2D eigenvalue weighted by Gasteiger charge is -2.26. The predicted molar refractivity (Wildman–Crippen MR) is 103 cm³/mol. The van der Waals surface area contributed by atoms with E-state index in [0.717, 1.165) is 12.8 Å². The van der Waals surface area contributed by atoms with Crippen LogP contribution in [0.2, 0.25) is 0 Å². The summed E-state index contributed by atoms with van der Waals surface area (Å²) < 4.78 is 10.6. The van der Waals surface area contributed by atoms with Crippen LogP contribution in [0, 0.1) is 0 Å². The van der Waals surface area contributed by atoms with Gasteiger partial charge in [-0.15, -0.1) is 0 Å². The van der Waals surface area contributed by atoms with Gasteiger partial charge in [-0.05, 0) is 37.1 Å². The number of amides is 1. The minimum absolute atomic E-state index is 0.223. The Morgan fingerprint density at radius 1 is 0.793 bits per heavy atom. The maximum absolute atomic E-state index is 12.9. The van der Waals surface area contributed by atoms with Crippen molar-refractivity contribution < 1.29 is 28.7 Å². The maximum Gasteiger partial charge on any atom is 0.339 e. The molecule has 150 valence electrons. The van der Waals surface area contributed by atoms with E-state index in [4.69, 9.17) is 9.47 Å². The zero-order chi connectivity index (χ0) is 20.6. The van der Waals surface area contributed by atoms with E-state index in [2.05, 4.69) is 0 Å². The minimum Gasteiger partial charge on any atom is -0.446 e. The SMILES string of the molecule is O=CC(OC(=O)c1ccccc1)C(OC(=O)c1ccccc1)C(=O)N1CCCC1. The van der Waals surface area contributed by atoms with Crippen LogP contribution in [0.3, 0.4) is 0 Å². The molecule has 7 nitrogen and oxygen atoms in total. The molecule has 2 unspecified atom stereocenters. The molecule has 0 radical (unpaired) electrons. The van der Waals surface area contributed by atoms with Crippen molar-refractivity contribution in [2.75, 3.05) is 13.1 Å². The van der Waals surface area contributed by atoms with E-state index in [-0.39, 0.29) is 11.1 Å². The van der Waals surface area contributed by atoms with Gasteiger partial charge in [0.15, 0.2) is 6.29 Å². The van der Waals surface area contributed by atoms with Crippen LogP contribution in [0.1, 0.15) is 33.6 Å². The minimum atomic E-state index is -1.55. The van der Waals surface area contributed by atoms with Gasteiger partial charge < -0.3 is 14.4 Å². The molecule has 2 aromatic rings. The monoisotopic (exact) mass is 395 g/mol. The van der Waals surface area contributed by atoms with Crippen molar-refractivity contribution in [3.05, 3.63) is 71.8 Å². The van der Waals surface area contributed by atoms with Crippen LogP contribution >= 0.6 is 0 Å². The summed E-state index contributed by atoms with van der Waals surface area (Å²) in [5.74, 6) is -2.10. The van der Waals surface area contributed by atoms with Gasteiger partial charge in [0.1, 0.15) is 0 Å². The zero-order valence-electron chi connectivity index (χ0n) is 15.7. The number of carbonyl (C=O) groups is 4. The molecule has 1 saturated heterocycles. The lowest BCUT2D eigenvalue weighted by molar-refractivity contribution is -0.148. The van der Waals surface area contributed by atoms with Gasteiger partial charge in [-0.2, -0.15) is 0 Å². The summed E-state index contributed by atoms with van der Waals surface area (Å²) in [5.41, 5.74) is 0.451. The van der Waals surface area contributed by atoms with Gasteiger partial charge in [0.05, 0.1) is 11.1 Å². The highest BCUT2D eigenvalue weighted by Gasteiger charge is 2.38. The van der Waals surface area contributed by atoms with Crippen molar-refractivity contribution >= 4 is 24.1 Å². The highest BCUT2D eigenvalue weighted by Crippen LogP contribution is 2.17. The molecule has 0 bridgehead atoms. The van der Waals surface area contributed by atoms with Crippen molar-refractivity contribution in [2.45, 2.75) is 25.0 Å². The molecule has 1 amide bonds. The molecular weight excluding hydrogens is 374 g/mol. The highest BCUT2D eigenvalue weighted by molar-refractivity contribution is 5.95. The van der Waals surface area contributed by atoms with Crippen molar-refractivity contribution in [3.63, 3.8) is 0 Å². The van der Waals surface area contributed by atoms with E-state index in [1.807, 2.05) is 0 Å². The average Bonchev–Trinajstić information content (AvgIpc) is 3.31. The quantitative estimate of drug-likeness (QED) is 0.528. The number of aldehydes is 1. The predicted octanol–water partition coefficient (Wildman–Crippen LogP) is 2.26. The van der Waals surface area contributed by atoms with E-state index < -0.39 is 30.1 Å². The number of hydrogen-bond donors (Lipinski definition) is 0. The summed E-state index contributed by atoms with van der Waals surface area (Å²) in [7, 11) is 0. The Hall–Kier alpha value is -3.48. The maximum atomic E-state index is 12.9. The lowest BCUT2D eigenvalue weighted by Crippen LogP contribution is -2.48. The topological polar surface area (TPSA) is 90.0 Å². The summed E-state index contributed by atoms with van der Waals surface area (Å²) in [6, 6.07) is 16.2. The Morgan fingerprint density at radius 2 is 1.28 bits per heavy atom. The molecule has 1 fully saturated rings. The summed E-state index contributed by atoms with van der Waals surface area (Å²) in [6.45, 7) is 0.993. The Morgan fingerprint density at radius 3 is 1.76 bits per heavy atom. The zero-order valence-corrected chi connectivity index (χ0v) is 15.7. The third-order valence-corrected chi connectivity index (χ3v) is 4.59. The van der Waals surface area contributed by atoms with Gasteiger partial charge in [-0.25, -0.2) is 9.59 Å². The molecule has 0 spiro atoms. The van der Waals surface area contributed by atoms with Crippen LogP contribution in [0.25, 0.3) is 0 Å². The number of benzene rings is 2. The Balaban J connectivity index is 1.81. The summed E-state index contributed by atoms with van der Waals surface area (Å²) >= 11 is 0. The third kappa shape index (κ3) is 5.07. The van der Waals surface area contributed by atoms with E-state index in [1.54, 1.807) is 36.4 Å². The normalized spacial score (nSPS) is 15.2. The standard InChI is InChI=1S/C22H21NO6/c24-15-18(28-21(26)16-9-3-1-4-10-16)19(20(25)23-13-7-8-14-23)29-22(27)17-11-5-2-6-12-17/h1-6,9-12,15,18-19H,7-8,13-14H2. The first-order valence-electron chi connectivity index (χ1n) is 9.36. The first-order chi connectivity index (χ1) is 14.1. The van der Waals surface area contributed by atoms with Crippen LogP contribution < -0.4 is 0 Å². The van der Waals surface area contributed by atoms with Crippen molar-refractivity contribution in [3.8, 4) is 0 Å². The van der Waals surface area contributed by atoms with Crippen molar-refractivity contribution in [2.24, 2.45) is 0 Å². The van der Waals surface area contributed by atoms with Crippen LogP contribution in [0.15, 0.2) is 60.7 Å². The molecule has 1 aliphatic heterocycles. The Kier molecular flexibility index (Phi) is 6.73. The fraction of sp³-hybridized carbons (Fsp3) is 0.273. The van der Waals surface area contributed by atoms with E-state index in [1.165, 1.54) is 29.2 Å². The lowest BCUT2D eigenvalue weighted by atomic mass is 10.1. The fourth-order valence-corrected chi connectivity index (χ4v) is 3.06. The van der Waals surface area contributed by atoms with Crippen LogP contribution in [0.4, 0.5) is 0 Å². The molecule has 0 aromatic heterocycles. The summed E-state index contributed by atoms with van der Waals surface area (Å²) in [5, 5.41) is 0. The highest BCUT2D eigenvalue weighted by atomic mass is 16.6. The molecule has 0 saturated carbocycles. The molecule has 2 aromatic carbocycles. The molecule has 0 aliphatic carbocycles. The second kappa shape index (κ2) is 9.64. The number of esters is 2. The van der Waals surface area contributed by atoms with Crippen LogP contribution in [0.5, 0.6) is 0 Å². The molecule has 2 atom stereocenters. The number of nitrogens with zero attached hydrogens (tertiary/aromatic N) is 1. The Labute approximate surface area is 168 Å². The fourth-order valence-electron chi connectivity index (χ4n) is 3.06. The smallest absolute Gasteiger partial charge is 0.339 e.